The number of hydrogen-bond acceptors (Lipinski definition) is 3. The lowest BCUT2D eigenvalue weighted by atomic mass is 10.0. The Balaban J connectivity index is 2.23. The first-order valence-electron chi connectivity index (χ1n) is 5.43. The van der Waals surface area contributed by atoms with Gasteiger partial charge >= 0.3 is 0 Å². The van der Waals surface area contributed by atoms with Gasteiger partial charge in [-0.05, 0) is 26.8 Å². The molecule has 88 valence electrons. The molecule has 1 N–H and O–H groups in total. The number of thioether (sulfide) groups is 1. The Morgan fingerprint density at radius 3 is 2.80 bits per heavy atom. The summed E-state index contributed by atoms with van der Waals surface area (Å²) in [5.41, 5.74) is 0. The lowest BCUT2D eigenvalue weighted by molar-refractivity contribution is 0.334. The van der Waals surface area contributed by atoms with Crippen LogP contribution in [-0.4, -0.2) is 24.7 Å². The molecule has 0 spiro atoms. The Hall–Kier alpha value is 0.240. The maximum absolute atomic E-state index is 11.9. The molecule has 0 heterocycles. The molecule has 0 aromatic rings. The van der Waals surface area contributed by atoms with Crippen LogP contribution >= 0.6 is 19.3 Å². The highest BCUT2D eigenvalue weighted by Gasteiger charge is 2.17. The van der Waals surface area contributed by atoms with Crippen molar-refractivity contribution in [3.63, 3.8) is 0 Å². The zero-order chi connectivity index (χ0) is 11.1. The normalized spacial score (nSPS) is 21.5. The molecule has 0 radical (unpaired) electrons. The Morgan fingerprint density at radius 1 is 1.60 bits per heavy atom. The van der Waals surface area contributed by atoms with E-state index in [9.17, 15) is 4.57 Å². The van der Waals surface area contributed by atoms with Gasteiger partial charge in [-0.3, -0.25) is 4.57 Å². The summed E-state index contributed by atoms with van der Waals surface area (Å²) in [5.74, 6) is 2.62. The van der Waals surface area contributed by atoms with E-state index in [1.807, 2.05) is 24.8 Å². The average Bonchev–Trinajstić information content (AvgIpc) is 2.15. The van der Waals surface area contributed by atoms with E-state index in [1.54, 1.807) is 12.9 Å². The predicted octanol–water partition coefficient (Wildman–Crippen LogP) is 3.23. The molecular formula is C10H20NO2PS. The Morgan fingerprint density at radius 2 is 2.33 bits per heavy atom. The molecule has 3 nitrogen and oxygen atoms in total. The van der Waals surface area contributed by atoms with Crippen molar-refractivity contribution in [2.45, 2.75) is 31.4 Å². The molecule has 0 aliphatic heterocycles. The molecule has 0 aromatic carbocycles. The summed E-state index contributed by atoms with van der Waals surface area (Å²) in [5, 5.41) is 3.56. The van der Waals surface area contributed by atoms with Crippen LogP contribution in [0.25, 0.3) is 0 Å². The highest BCUT2D eigenvalue weighted by atomic mass is 32.2. The van der Waals surface area contributed by atoms with Crippen LogP contribution in [0.15, 0.2) is 11.9 Å². The van der Waals surface area contributed by atoms with E-state index in [-0.39, 0.29) is 0 Å². The van der Waals surface area contributed by atoms with Crippen LogP contribution in [0.5, 0.6) is 0 Å². The van der Waals surface area contributed by atoms with Crippen molar-refractivity contribution < 1.29 is 9.09 Å². The van der Waals surface area contributed by atoms with E-state index < -0.39 is 7.52 Å². The molecular weight excluding hydrogens is 229 g/mol. The third kappa shape index (κ3) is 4.73. The minimum Gasteiger partial charge on any atom is -0.315 e. The maximum atomic E-state index is 11.9. The van der Waals surface area contributed by atoms with E-state index in [1.165, 1.54) is 19.3 Å². The first-order chi connectivity index (χ1) is 7.20. The standard InChI is InChI=1S/C10H20NO2PS/c1-3-13-14(12,11-2)8-5-9-15-10-6-4-7-10/h5,8,10H,3-4,6-7,9H2,1-2H3,(H,11,12)/b8-5-. The largest absolute Gasteiger partial charge is 0.315 e. The van der Waals surface area contributed by atoms with E-state index in [4.69, 9.17) is 4.52 Å². The van der Waals surface area contributed by atoms with Crippen LogP contribution in [0.4, 0.5) is 0 Å². The Kier molecular flexibility index (Phi) is 5.98. The summed E-state index contributed by atoms with van der Waals surface area (Å²) >= 11 is 1.94. The van der Waals surface area contributed by atoms with Crippen molar-refractivity contribution in [1.82, 2.24) is 5.09 Å². The summed E-state index contributed by atoms with van der Waals surface area (Å²) in [7, 11) is -1.03. The first kappa shape index (κ1) is 13.3. The zero-order valence-electron chi connectivity index (χ0n) is 9.44. The van der Waals surface area contributed by atoms with Crippen molar-refractivity contribution in [3.8, 4) is 0 Å². The Labute approximate surface area is 96.5 Å². The van der Waals surface area contributed by atoms with Crippen molar-refractivity contribution in [2.75, 3.05) is 19.4 Å². The number of rotatable bonds is 7. The summed E-state index contributed by atoms with van der Waals surface area (Å²) < 4.78 is 17.1. The number of hydrogen-bond donors (Lipinski definition) is 1. The lowest BCUT2D eigenvalue weighted by Gasteiger charge is -2.23. The van der Waals surface area contributed by atoms with Crippen molar-refractivity contribution in [2.24, 2.45) is 0 Å². The topological polar surface area (TPSA) is 38.3 Å². The molecule has 5 heteroatoms. The van der Waals surface area contributed by atoms with Gasteiger partial charge in [-0.1, -0.05) is 12.5 Å². The van der Waals surface area contributed by atoms with Gasteiger partial charge in [-0.2, -0.15) is 11.8 Å². The van der Waals surface area contributed by atoms with Gasteiger partial charge in [0, 0.05) is 16.8 Å². The van der Waals surface area contributed by atoms with Gasteiger partial charge in [-0.25, -0.2) is 5.09 Å². The second-order valence-electron chi connectivity index (χ2n) is 3.51. The number of nitrogens with one attached hydrogen (secondary N) is 1. The van der Waals surface area contributed by atoms with Crippen LogP contribution < -0.4 is 5.09 Å². The highest BCUT2D eigenvalue weighted by Crippen LogP contribution is 2.43. The van der Waals surface area contributed by atoms with E-state index in [0.29, 0.717) is 6.61 Å². The van der Waals surface area contributed by atoms with Crippen molar-refractivity contribution >= 4 is 19.3 Å². The van der Waals surface area contributed by atoms with Gasteiger partial charge in [0.05, 0.1) is 6.61 Å². The van der Waals surface area contributed by atoms with E-state index >= 15 is 0 Å². The van der Waals surface area contributed by atoms with Gasteiger partial charge in [-0.15, -0.1) is 0 Å². The molecule has 1 atom stereocenters. The second-order valence-corrected chi connectivity index (χ2v) is 7.04. The minimum absolute atomic E-state index is 0.470. The zero-order valence-corrected chi connectivity index (χ0v) is 11.2. The van der Waals surface area contributed by atoms with Crippen LogP contribution in [-0.2, 0) is 9.09 Å². The fraction of sp³-hybridized carbons (Fsp3) is 0.800. The third-order valence-electron chi connectivity index (χ3n) is 2.41. The molecule has 0 bridgehead atoms. The fourth-order valence-electron chi connectivity index (χ4n) is 1.28. The molecule has 1 unspecified atom stereocenters. The van der Waals surface area contributed by atoms with Gasteiger partial charge in [0.15, 0.2) is 0 Å². The lowest BCUT2D eigenvalue weighted by Crippen LogP contribution is -2.13. The van der Waals surface area contributed by atoms with Gasteiger partial charge in [0.2, 0.25) is 0 Å². The minimum atomic E-state index is -2.69. The van der Waals surface area contributed by atoms with Crippen LogP contribution in [0.2, 0.25) is 0 Å². The quantitative estimate of drug-likeness (QED) is 0.703. The van der Waals surface area contributed by atoms with Gasteiger partial charge in [0.1, 0.15) is 0 Å². The van der Waals surface area contributed by atoms with Crippen molar-refractivity contribution in [1.29, 1.82) is 0 Å². The maximum Gasteiger partial charge on any atom is 0.292 e. The molecule has 15 heavy (non-hydrogen) atoms. The summed E-state index contributed by atoms with van der Waals surface area (Å²) in [4.78, 5) is 0. The molecule has 0 aromatic heterocycles. The summed E-state index contributed by atoms with van der Waals surface area (Å²) in [6.45, 7) is 2.32. The average molecular weight is 249 g/mol. The second kappa shape index (κ2) is 6.74. The first-order valence-corrected chi connectivity index (χ1v) is 8.17. The molecule has 1 aliphatic rings. The fourth-order valence-corrected chi connectivity index (χ4v) is 3.70. The Bertz CT molecular complexity index is 254. The van der Waals surface area contributed by atoms with Crippen LogP contribution in [0, 0.1) is 0 Å². The molecule has 0 saturated heterocycles. The monoisotopic (exact) mass is 249 g/mol. The highest BCUT2D eigenvalue weighted by molar-refractivity contribution is 8.00. The van der Waals surface area contributed by atoms with Crippen molar-refractivity contribution in [3.05, 3.63) is 11.9 Å². The summed E-state index contributed by atoms with van der Waals surface area (Å²) in [6.07, 6.45) is 6.01. The smallest absolute Gasteiger partial charge is 0.292 e. The molecule has 1 saturated carbocycles. The molecule has 1 rings (SSSR count). The van der Waals surface area contributed by atoms with E-state index in [0.717, 1.165) is 11.0 Å². The molecule has 1 aliphatic carbocycles. The molecule has 0 amide bonds. The van der Waals surface area contributed by atoms with E-state index in [2.05, 4.69) is 5.09 Å². The predicted molar refractivity (Wildman–Crippen MR) is 67.5 cm³/mol. The van der Waals surface area contributed by atoms with Crippen LogP contribution in [0.3, 0.4) is 0 Å². The summed E-state index contributed by atoms with van der Waals surface area (Å²) in [6, 6.07) is 0. The SMILES string of the molecule is CCOP(=O)(/C=C\CSC1CCC1)NC. The molecule has 1 fully saturated rings. The third-order valence-corrected chi connectivity index (χ3v) is 5.61. The van der Waals surface area contributed by atoms with Gasteiger partial charge < -0.3 is 4.52 Å². The van der Waals surface area contributed by atoms with Gasteiger partial charge in [0.25, 0.3) is 7.52 Å². The van der Waals surface area contributed by atoms with Crippen LogP contribution in [0.1, 0.15) is 26.2 Å².